The third-order valence-electron chi connectivity index (χ3n) is 5.11. The summed E-state index contributed by atoms with van der Waals surface area (Å²) in [4.78, 5) is 25.6. The predicted octanol–water partition coefficient (Wildman–Crippen LogP) is 1.06. The molecular weight excluding hydrogens is 308 g/mol. The summed E-state index contributed by atoms with van der Waals surface area (Å²) >= 11 is 0. The first-order valence-electron chi connectivity index (χ1n) is 8.52. The molecule has 0 aromatic heterocycles. The number of piperidine rings is 1. The zero-order chi connectivity index (χ0) is 17.1. The minimum atomic E-state index is -0.445. The second-order valence-corrected chi connectivity index (χ2v) is 6.63. The van der Waals surface area contributed by atoms with Gasteiger partial charge in [0.2, 0.25) is 5.91 Å². The molecule has 2 atom stereocenters. The highest BCUT2D eigenvalue weighted by Crippen LogP contribution is 2.32. The van der Waals surface area contributed by atoms with Crippen LogP contribution in [0, 0.1) is 5.92 Å². The van der Waals surface area contributed by atoms with E-state index in [4.69, 9.17) is 15.6 Å². The molecule has 2 fully saturated rings. The third kappa shape index (κ3) is 3.60. The molecule has 1 aromatic carbocycles. The van der Waals surface area contributed by atoms with E-state index in [-0.39, 0.29) is 24.5 Å². The third-order valence-corrected chi connectivity index (χ3v) is 5.11. The molecule has 1 aromatic rings. The molecule has 0 saturated carbocycles. The van der Waals surface area contributed by atoms with Gasteiger partial charge in [-0.2, -0.15) is 0 Å². The Kier molecular flexibility index (Phi) is 5.16. The van der Waals surface area contributed by atoms with Gasteiger partial charge in [0, 0.05) is 18.7 Å². The Morgan fingerprint density at radius 3 is 2.33 bits per heavy atom. The van der Waals surface area contributed by atoms with E-state index in [0.29, 0.717) is 31.0 Å². The van der Waals surface area contributed by atoms with Crippen LogP contribution in [0.1, 0.15) is 41.6 Å². The Labute approximate surface area is 141 Å². The summed E-state index contributed by atoms with van der Waals surface area (Å²) in [5.41, 5.74) is 6.75. The molecule has 130 valence electrons. The molecule has 0 spiro atoms. The van der Waals surface area contributed by atoms with Crippen LogP contribution in [0.2, 0.25) is 0 Å². The number of carbonyl (C=O) groups excluding carboxylic acids is 2. The number of ether oxygens (including phenoxy) is 1. The van der Waals surface area contributed by atoms with E-state index < -0.39 is 6.10 Å². The second kappa shape index (κ2) is 7.32. The monoisotopic (exact) mass is 332 g/mol. The molecule has 3 rings (SSSR count). The first-order chi connectivity index (χ1) is 11.6. The van der Waals surface area contributed by atoms with Crippen molar-refractivity contribution in [2.24, 2.45) is 11.7 Å². The average Bonchev–Trinajstić information content (AvgIpc) is 3.12. The minimum Gasteiger partial charge on any atom is -0.392 e. The molecule has 0 bridgehead atoms. The van der Waals surface area contributed by atoms with Crippen molar-refractivity contribution in [1.29, 1.82) is 0 Å². The molecule has 2 aliphatic heterocycles. The maximum Gasteiger partial charge on any atom is 0.253 e. The molecule has 0 radical (unpaired) electrons. The van der Waals surface area contributed by atoms with Crippen LogP contribution in [0.3, 0.4) is 0 Å². The van der Waals surface area contributed by atoms with Crippen LogP contribution in [0.4, 0.5) is 0 Å². The van der Waals surface area contributed by atoms with Crippen LogP contribution in [-0.2, 0) is 16.1 Å². The fraction of sp³-hybridized carbons (Fsp3) is 0.556. The van der Waals surface area contributed by atoms with Gasteiger partial charge in [-0.25, -0.2) is 0 Å². The summed E-state index contributed by atoms with van der Waals surface area (Å²) in [6.07, 6.45) is 2.99. The van der Waals surface area contributed by atoms with Gasteiger partial charge in [0.05, 0.1) is 12.7 Å². The minimum absolute atomic E-state index is 0.0203. The Morgan fingerprint density at radius 2 is 1.79 bits per heavy atom. The van der Waals surface area contributed by atoms with Crippen molar-refractivity contribution < 1.29 is 19.4 Å². The normalized spacial score (nSPS) is 25.0. The highest BCUT2D eigenvalue weighted by molar-refractivity contribution is 5.94. The van der Waals surface area contributed by atoms with Crippen LogP contribution >= 0.6 is 0 Å². The van der Waals surface area contributed by atoms with Crippen molar-refractivity contribution in [3.05, 3.63) is 35.4 Å². The molecule has 0 aliphatic carbocycles. The van der Waals surface area contributed by atoms with Gasteiger partial charge in [0.1, 0.15) is 6.10 Å². The van der Waals surface area contributed by atoms with Crippen LogP contribution in [0.5, 0.6) is 0 Å². The van der Waals surface area contributed by atoms with Crippen molar-refractivity contribution >= 4 is 11.8 Å². The highest BCUT2D eigenvalue weighted by atomic mass is 16.5. The summed E-state index contributed by atoms with van der Waals surface area (Å²) in [7, 11) is 0. The number of rotatable bonds is 4. The number of benzene rings is 1. The highest BCUT2D eigenvalue weighted by Gasteiger charge is 2.36. The Bertz CT molecular complexity index is 594. The summed E-state index contributed by atoms with van der Waals surface area (Å²) < 4.78 is 5.77. The van der Waals surface area contributed by atoms with Crippen molar-refractivity contribution in [3.63, 3.8) is 0 Å². The van der Waals surface area contributed by atoms with E-state index >= 15 is 0 Å². The maximum absolute atomic E-state index is 12.5. The molecule has 2 amide bonds. The largest absolute Gasteiger partial charge is 0.392 e. The van der Waals surface area contributed by atoms with Gasteiger partial charge in [-0.1, -0.05) is 12.1 Å². The molecule has 24 heavy (non-hydrogen) atoms. The first kappa shape index (κ1) is 16.9. The second-order valence-electron chi connectivity index (χ2n) is 6.63. The Hall–Kier alpha value is -1.92. The van der Waals surface area contributed by atoms with Crippen molar-refractivity contribution in [1.82, 2.24) is 4.90 Å². The quantitative estimate of drug-likeness (QED) is 0.862. The van der Waals surface area contributed by atoms with Crippen molar-refractivity contribution in [2.45, 2.75) is 44.5 Å². The van der Waals surface area contributed by atoms with Gasteiger partial charge in [-0.05, 0) is 49.3 Å². The molecule has 2 saturated heterocycles. The van der Waals surface area contributed by atoms with Gasteiger partial charge >= 0.3 is 0 Å². The molecule has 2 heterocycles. The van der Waals surface area contributed by atoms with E-state index in [2.05, 4.69) is 0 Å². The van der Waals surface area contributed by atoms with E-state index in [0.717, 1.165) is 24.8 Å². The Morgan fingerprint density at radius 1 is 1.12 bits per heavy atom. The lowest BCUT2D eigenvalue weighted by Crippen LogP contribution is -2.41. The first-order valence-corrected chi connectivity index (χ1v) is 8.52. The summed E-state index contributed by atoms with van der Waals surface area (Å²) in [6.45, 7) is 1.38. The zero-order valence-electron chi connectivity index (χ0n) is 13.7. The van der Waals surface area contributed by atoms with E-state index in [1.807, 2.05) is 4.90 Å². The predicted molar refractivity (Wildman–Crippen MR) is 88.1 cm³/mol. The molecule has 6 nitrogen and oxygen atoms in total. The van der Waals surface area contributed by atoms with Gasteiger partial charge in [0.25, 0.3) is 5.91 Å². The number of nitrogens with two attached hydrogens (primary N) is 1. The summed E-state index contributed by atoms with van der Waals surface area (Å²) in [6, 6.07) is 7.07. The molecular formula is C18H24N2O4. The smallest absolute Gasteiger partial charge is 0.253 e. The standard InChI is InChI=1S/C18H24N2O4/c19-17(22)16-6-5-15(24-16)13-7-9-20(10-8-13)18(23)14-3-1-12(11-21)2-4-14/h1-4,13,15-16,21H,5-11H2,(H2,19,22)/t15-,16+/m0/s1. The van der Waals surface area contributed by atoms with Crippen LogP contribution in [0.15, 0.2) is 24.3 Å². The maximum atomic E-state index is 12.5. The fourth-order valence-corrected chi connectivity index (χ4v) is 3.63. The lowest BCUT2D eigenvalue weighted by Gasteiger charge is -2.34. The number of primary amides is 1. The van der Waals surface area contributed by atoms with Crippen LogP contribution in [-0.4, -0.2) is 47.1 Å². The molecule has 0 unspecified atom stereocenters. The topological polar surface area (TPSA) is 92.9 Å². The van der Waals surface area contributed by atoms with Gasteiger partial charge in [-0.3, -0.25) is 9.59 Å². The SMILES string of the molecule is NC(=O)[C@H]1CC[C@@H](C2CCN(C(=O)c3ccc(CO)cc3)CC2)O1. The van der Waals surface area contributed by atoms with Gasteiger partial charge < -0.3 is 20.5 Å². The number of aliphatic hydroxyl groups is 1. The molecule has 6 heteroatoms. The number of carbonyl (C=O) groups is 2. The van der Waals surface area contributed by atoms with Gasteiger partial charge in [0.15, 0.2) is 0 Å². The fourth-order valence-electron chi connectivity index (χ4n) is 3.63. The molecule has 3 N–H and O–H groups in total. The van der Waals surface area contributed by atoms with Crippen molar-refractivity contribution in [2.75, 3.05) is 13.1 Å². The number of nitrogens with zero attached hydrogens (tertiary/aromatic N) is 1. The number of amides is 2. The van der Waals surface area contributed by atoms with Gasteiger partial charge in [-0.15, -0.1) is 0 Å². The number of aliphatic hydroxyl groups excluding tert-OH is 1. The van der Waals surface area contributed by atoms with Crippen LogP contribution < -0.4 is 5.73 Å². The van der Waals surface area contributed by atoms with E-state index in [1.54, 1.807) is 24.3 Å². The lowest BCUT2D eigenvalue weighted by molar-refractivity contribution is -0.130. The molecule has 2 aliphatic rings. The number of hydrogen-bond acceptors (Lipinski definition) is 4. The average molecular weight is 332 g/mol. The van der Waals surface area contributed by atoms with Crippen LogP contribution in [0.25, 0.3) is 0 Å². The lowest BCUT2D eigenvalue weighted by atomic mass is 9.89. The van der Waals surface area contributed by atoms with E-state index in [1.165, 1.54) is 0 Å². The Balaban J connectivity index is 1.53. The zero-order valence-corrected chi connectivity index (χ0v) is 13.7. The summed E-state index contributed by atoms with van der Waals surface area (Å²) in [5, 5.41) is 9.07. The number of likely N-dealkylation sites (tertiary alicyclic amines) is 1. The number of hydrogen-bond donors (Lipinski definition) is 2. The van der Waals surface area contributed by atoms with Crippen molar-refractivity contribution in [3.8, 4) is 0 Å². The summed E-state index contributed by atoms with van der Waals surface area (Å²) in [5.74, 6) is 0.0342. The van der Waals surface area contributed by atoms with E-state index in [9.17, 15) is 9.59 Å².